The van der Waals surface area contributed by atoms with Crippen LogP contribution >= 0.6 is 11.6 Å². The number of nitrogens with one attached hydrogen (secondary N) is 3. The minimum Gasteiger partial charge on any atom is -0.486 e. The summed E-state index contributed by atoms with van der Waals surface area (Å²) in [5.74, 6) is 0.815. The number of anilines is 1. The third kappa shape index (κ3) is 5.07. The Hall–Kier alpha value is -2.93. The smallest absolute Gasteiger partial charge is 0.315 e. The van der Waals surface area contributed by atoms with E-state index in [4.69, 9.17) is 21.1 Å². The Bertz CT molecular complexity index is 868. The fourth-order valence-corrected chi connectivity index (χ4v) is 2.82. The van der Waals surface area contributed by atoms with Crippen molar-refractivity contribution in [1.29, 1.82) is 0 Å². The van der Waals surface area contributed by atoms with Gasteiger partial charge in [0.25, 0.3) is 5.91 Å². The maximum atomic E-state index is 12.5. The van der Waals surface area contributed by atoms with E-state index in [1.165, 1.54) is 0 Å². The lowest BCUT2D eigenvalue weighted by atomic mass is 10.1. The number of urea groups is 1. The Morgan fingerprint density at radius 3 is 2.36 bits per heavy atom. The minimum absolute atomic E-state index is 0.0680. The third-order valence-corrected chi connectivity index (χ3v) is 4.28. The Morgan fingerprint density at radius 2 is 1.71 bits per heavy atom. The molecule has 148 valence electrons. The van der Waals surface area contributed by atoms with Crippen molar-refractivity contribution in [2.45, 2.75) is 26.4 Å². The molecule has 0 spiro atoms. The number of hydrogen-bond donors (Lipinski definition) is 3. The van der Waals surface area contributed by atoms with Crippen LogP contribution in [0, 0.1) is 0 Å². The van der Waals surface area contributed by atoms with Crippen LogP contribution in [0.2, 0.25) is 5.02 Å². The summed E-state index contributed by atoms with van der Waals surface area (Å²) in [6, 6.07) is 10.1. The van der Waals surface area contributed by atoms with Gasteiger partial charge in [-0.1, -0.05) is 23.7 Å². The van der Waals surface area contributed by atoms with Gasteiger partial charge in [0.15, 0.2) is 11.5 Å². The maximum absolute atomic E-state index is 12.5. The highest BCUT2D eigenvalue weighted by Crippen LogP contribution is 2.38. The van der Waals surface area contributed by atoms with Gasteiger partial charge in [0.05, 0.1) is 10.7 Å². The number of amides is 3. The van der Waals surface area contributed by atoms with Crippen LogP contribution in [-0.2, 0) is 6.54 Å². The summed E-state index contributed by atoms with van der Waals surface area (Å²) in [4.78, 5) is 24.1. The van der Waals surface area contributed by atoms with Crippen LogP contribution in [0.15, 0.2) is 36.4 Å². The van der Waals surface area contributed by atoms with Crippen LogP contribution in [0.4, 0.5) is 10.5 Å². The molecular weight excluding hydrogens is 382 g/mol. The molecule has 0 atom stereocenters. The average Bonchev–Trinajstić information content (AvgIpc) is 2.67. The van der Waals surface area contributed by atoms with Gasteiger partial charge < -0.3 is 25.4 Å². The van der Waals surface area contributed by atoms with Gasteiger partial charge in [-0.25, -0.2) is 4.79 Å². The minimum atomic E-state index is -0.296. The molecule has 1 aliphatic heterocycles. The average molecular weight is 404 g/mol. The molecule has 28 heavy (non-hydrogen) atoms. The van der Waals surface area contributed by atoms with Crippen molar-refractivity contribution < 1.29 is 19.1 Å². The zero-order chi connectivity index (χ0) is 20.1. The highest BCUT2D eigenvalue weighted by Gasteiger charge is 2.17. The van der Waals surface area contributed by atoms with Gasteiger partial charge in [-0.15, -0.1) is 0 Å². The quantitative estimate of drug-likeness (QED) is 0.712. The topological polar surface area (TPSA) is 88.7 Å². The van der Waals surface area contributed by atoms with E-state index in [1.54, 1.807) is 36.4 Å². The Balaban J connectivity index is 1.61. The molecule has 7 nitrogen and oxygen atoms in total. The molecule has 0 radical (unpaired) electrons. The number of benzene rings is 2. The fraction of sp³-hybridized carbons (Fsp3) is 0.300. The highest BCUT2D eigenvalue weighted by atomic mass is 35.5. The lowest BCUT2D eigenvalue weighted by Crippen LogP contribution is -2.39. The summed E-state index contributed by atoms with van der Waals surface area (Å²) in [6.45, 7) is 5.07. The molecule has 0 unspecified atom stereocenters. The molecule has 2 aromatic rings. The second-order valence-electron chi connectivity index (χ2n) is 6.61. The zero-order valence-electron chi connectivity index (χ0n) is 15.7. The second kappa shape index (κ2) is 8.84. The SMILES string of the molecule is CC(C)NC(=O)NCc1ccc(C(=O)Nc2cc3c(cc2Cl)OCCO3)cc1. The van der Waals surface area contributed by atoms with Crippen LogP contribution in [0.25, 0.3) is 0 Å². The van der Waals surface area contributed by atoms with Gasteiger partial charge in [0.2, 0.25) is 0 Å². The molecule has 0 fully saturated rings. The van der Waals surface area contributed by atoms with Gasteiger partial charge in [-0.05, 0) is 31.5 Å². The van der Waals surface area contributed by atoms with Crippen LogP contribution in [-0.4, -0.2) is 31.2 Å². The molecule has 0 aromatic heterocycles. The summed E-state index contributed by atoms with van der Waals surface area (Å²) in [7, 11) is 0. The van der Waals surface area contributed by atoms with Crippen molar-refractivity contribution in [2.75, 3.05) is 18.5 Å². The number of hydrogen-bond acceptors (Lipinski definition) is 4. The lowest BCUT2D eigenvalue weighted by molar-refractivity contribution is 0.102. The molecule has 8 heteroatoms. The Labute approximate surface area is 168 Å². The van der Waals surface area contributed by atoms with Crippen molar-refractivity contribution >= 4 is 29.2 Å². The molecular formula is C20H22ClN3O4. The summed E-state index contributed by atoms with van der Waals surface area (Å²) < 4.78 is 11.0. The molecule has 3 N–H and O–H groups in total. The second-order valence-corrected chi connectivity index (χ2v) is 7.02. The summed E-state index contributed by atoms with van der Waals surface area (Å²) in [5, 5.41) is 8.66. The maximum Gasteiger partial charge on any atom is 0.315 e. The first kappa shape index (κ1) is 19.8. The molecule has 0 saturated carbocycles. The molecule has 2 aromatic carbocycles. The molecule has 1 heterocycles. The number of rotatable bonds is 5. The molecule has 1 aliphatic rings. The van der Waals surface area contributed by atoms with Crippen LogP contribution in [0.5, 0.6) is 11.5 Å². The number of fused-ring (bicyclic) bond motifs is 1. The van der Waals surface area contributed by atoms with E-state index in [0.717, 1.165) is 5.56 Å². The van der Waals surface area contributed by atoms with Crippen molar-refractivity contribution in [3.05, 3.63) is 52.5 Å². The van der Waals surface area contributed by atoms with E-state index in [1.807, 2.05) is 13.8 Å². The van der Waals surface area contributed by atoms with Crippen molar-refractivity contribution in [1.82, 2.24) is 10.6 Å². The molecule has 0 bridgehead atoms. The monoisotopic (exact) mass is 403 g/mol. The predicted octanol–water partition coefficient (Wildman–Crippen LogP) is 3.57. The Morgan fingerprint density at radius 1 is 1.07 bits per heavy atom. The lowest BCUT2D eigenvalue weighted by Gasteiger charge is -2.20. The summed E-state index contributed by atoms with van der Waals surface area (Å²) in [5.41, 5.74) is 1.81. The number of carbonyl (C=O) groups excluding carboxylic acids is 2. The van der Waals surface area contributed by atoms with Gasteiger partial charge in [-0.3, -0.25) is 4.79 Å². The fourth-order valence-electron chi connectivity index (χ4n) is 2.62. The van der Waals surface area contributed by atoms with E-state index >= 15 is 0 Å². The standard InChI is InChI=1S/C20H22ClN3O4/c1-12(2)23-20(26)22-11-13-3-5-14(6-4-13)19(25)24-16-10-18-17(9-15(16)21)27-7-8-28-18/h3-6,9-10,12H,7-8,11H2,1-2H3,(H,24,25)(H2,22,23,26). The summed E-state index contributed by atoms with van der Waals surface area (Å²) in [6.07, 6.45) is 0. The Kier molecular flexibility index (Phi) is 6.26. The first-order chi connectivity index (χ1) is 13.4. The van der Waals surface area contributed by atoms with E-state index in [2.05, 4.69) is 16.0 Å². The van der Waals surface area contributed by atoms with Crippen molar-refractivity contribution in [2.24, 2.45) is 0 Å². The third-order valence-electron chi connectivity index (χ3n) is 3.97. The normalized spacial score (nSPS) is 12.4. The molecule has 3 rings (SSSR count). The number of ether oxygens (including phenoxy) is 2. The molecule has 3 amide bonds. The van der Waals surface area contributed by atoms with Gasteiger partial charge in [0.1, 0.15) is 13.2 Å². The first-order valence-corrected chi connectivity index (χ1v) is 9.34. The largest absolute Gasteiger partial charge is 0.486 e. The molecule has 0 aliphatic carbocycles. The predicted molar refractivity (Wildman–Crippen MR) is 107 cm³/mol. The highest BCUT2D eigenvalue weighted by molar-refractivity contribution is 6.34. The van der Waals surface area contributed by atoms with Gasteiger partial charge in [0, 0.05) is 30.3 Å². The van der Waals surface area contributed by atoms with Crippen LogP contribution < -0.4 is 25.4 Å². The van der Waals surface area contributed by atoms with Crippen molar-refractivity contribution in [3.8, 4) is 11.5 Å². The van der Waals surface area contributed by atoms with Gasteiger partial charge in [-0.2, -0.15) is 0 Å². The first-order valence-electron chi connectivity index (χ1n) is 8.96. The van der Waals surface area contributed by atoms with Crippen LogP contribution in [0.3, 0.4) is 0 Å². The van der Waals surface area contributed by atoms with E-state index < -0.39 is 0 Å². The number of halogens is 1. The van der Waals surface area contributed by atoms with E-state index in [0.29, 0.717) is 47.5 Å². The zero-order valence-corrected chi connectivity index (χ0v) is 16.4. The summed E-state index contributed by atoms with van der Waals surface area (Å²) >= 11 is 6.23. The van der Waals surface area contributed by atoms with Crippen molar-refractivity contribution in [3.63, 3.8) is 0 Å². The molecule has 0 saturated heterocycles. The van der Waals surface area contributed by atoms with E-state index in [-0.39, 0.29) is 18.0 Å². The van der Waals surface area contributed by atoms with Gasteiger partial charge >= 0.3 is 6.03 Å². The van der Waals surface area contributed by atoms with Crippen LogP contribution in [0.1, 0.15) is 29.8 Å². The van der Waals surface area contributed by atoms with E-state index in [9.17, 15) is 9.59 Å². The number of carbonyl (C=O) groups is 2.